The SMILES string of the molecule is C[C@H](Cc1ccccc1)C(=O)Nc1ccc(CN2C(=O)CCCC2=O)cc1. The Balaban J connectivity index is 1.56. The molecule has 3 rings (SSSR count). The zero-order valence-electron chi connectivity index (χ0n) is 15.5. The van der Waals surface area contributed by atoms with E-state index in [2.05, 4.69) is 5.32 Å². The van der Waals surface area contributed by atoms with Crippen LogP contribution in [0.3, 0.4) is 0 Å². The van der Waals surface area contributed by atoms with E-state index in [1.165, 1.54) is 4.90 Å². The molecule has 0 radical (unpaired) electrons. The summed E-state index contributed by atoms with van der Waals surface area (Å²) < 4.78 is 0. The number of carbonyl (C=O) groups excluding carboxylic acids is 3. The quantitative estimate of drug-likeness (QED) is 0.797. The number of hydrogen-bond donors (Lipinski definition) is 1. The van der Waals surface area contributed by atoms with Gasteiger partial charge in [-0.1, -0.05) is 49.4 Å². The second-order valence-electron chi connectivity index (χ2n) is 7.00. The molecule has 1 fully saturated rings. The van der Waals surface area contributed by atoms with Gasteiger partial charge in [0, 0.05) is 24.4 Å². The van der Waals surface area contributed by atoms with Gasteiger partial charge in [-0.3, -0.25) is 19.3 Å². The third-order valence-electron chi connectivity index (χ3n) is 4.78. The molecular formula is C22H24N2O3. The summed E-state index contributed by atoms with van der Waals surface area (Å²) in [4.78, 5) is 37.5. The van der Waals surface area contributed by atoms with Gasteiger partial charge in [-0.05, 0) is 36.1 Å². The van der Waals surface area contributed by atoms with Crippen LogP contribution in [0.15, 0.2) is 54.6 Å². The third-order valence-corrected chi connectivity index (χ3v) is 4.78. The van der Waals surface area contributed by atoms with Crippen molar-refractivity contribution < 1.29 is 14.4 Å². The highest BCUT2D eigenvalue weighted by atomic mass is 16.2. The number of likely N-dealkylation sites (tertiary alicyclic amines) is 1. The fraction of sp³-hybridized carbons (Fsp3) is 0.318. The van der Waals surface area contributed by atoms with E-state index in [1.54, 1.807) is 12.1 Å². The first-order valence-electron chi connectivity index (χ1n) is 9.30. The van der Waals surface area contributed by atoms with Gasteiger partial charge in [0.25, 0.3) is 0 Å². The molecule has 2 aromatic carbocycles. The smallest absolute Gasteiger partial charge is 0.229 e. The number of carbonyl (C=O) groups is 3. The third kappa shape index (κ3) is 5.03. The van der Waals surface area contributed by atoms with Crippen LogP contribution in [0.4, 0.5) is 5.69 Å². The molecule has 140 valence electrons. The zero-order chi connectivity index (χ0) is 19.2. The first kappa shape index (κ1) is 18.8. The normalized spacial score (nSPS) is 15.5. The lowest BCUT2D eigenvalue weighted by atomic mass is 10.0. The van der Waals surface area contributed by atoms with Crippen molar-refractivity contribution in [2.45, 2.75) is 39.2 Å². The molecule has 0 unspecified atom stereocenters. The Labute approximate surface area is 159 Å². The first-order valence-corrected chi connectivity index (χ1v) is 9.30. The Morgan fingerprint density at radius 2 is 1.59 bits per heavy atom. The predicted molar refractivity (Wildman–Crippen MR) is 104 cm³/mol. The molecule has 0 saturated carbocycles. The number of hydrogen-bond acceptors (Lipinski definition) is 3. The molecule has 0 spiro atoms. The minimum Gasteiger partial charge on any atom is -0.326 e. The molecule has 0 bridgehead atoms. The van der Waals surface area contributed by atoms with Gasteiger partial charge in [-0.15, -0.1) is 0 Å². The van der Waals surface area contributed by atoms with Crippen LogP contribution in [-0.2, 0) is 27.3 Å². The number of nitrogens with one attached hydrogen (secondary N) is 1. The van der Waals surface area contributed by atoms with E-state index < -0.39 is 0 Å². The van der Waals surface area contributed by atoms with Crippen molar-refractivity contribution in [1.29, 1.82) is 0 Å². The van der Waals surface area contributed by atoms with E-state index in [-0.39, 0.29) is 30.2 Å². The number of amides is 3. The van der Waals surface area contributed by atoms with Crippen molar-refractivity contribution in [2.24, 2.45) is 5.92 Å². The topological polar surface area (TPSA) is 66.5 Å². The number of rotatable bonds is 6. The summed E-state index contributed by atoms with van der Waals surface area (Å²) in [6, 6.07) is 17.2. The molecule has 1 atom stereocenters. The zero-order valence-corrected chi connectivity index (χ0v) is 15.5. The second-order valence-corrected chi connectivity index (χ2v) is 7.00. The highest BCUT2D eigenvalue weighted by Crippen LogP contribution is 2.18. The fourth-order valence-corrected chi connectivity index (χ4v) is 3.18. The Bertz CT molecular complexity index is 799. The van der Waals surface area contributed by atoms with Gasteiger partial charge in [0.15, 0.2) is 0 Å². The molecule has 1 heterocycles. The standard InChI is InChI=1S/C22H24N2O3/c1-16(14-17-6-3-2-4-7-17)22(27)23-19-12-10-18(11-13-19)15-24-20(25)8-5-9-21(24)26/h2-4,6-7,10-13,16H,5,8-9,14-15H2,1H3,(H,23,27)/t16-/m1/s1. The van der Waals surface area contributed by atoms with Gasteiger partial charge < -0.3 is 5.32 Å². The summed E-state index contributed by atoms with van der Waals surface area (Å²) in [5, 5.41) is 2.92. The van der Waals surface area contributed by atoms with Crippen LogP contribution >= 0.6 is 0 Å². The van der Waals surface area contributed by atoms with E-state index in [1.807, 2.05) is 49.4 Å². The van der Waals surface area contributed by atoms with Gasteiger partial charge in [0.05, 0.1) is 6.54 Å². The van der Waals surface area contributed by atoms with Crippen molar-refractivity contribution >= 4 is 23.4 Å². The van der Waals surface area contributed by atoms with Crippen molar-refractivity contribution in [3.8, 4) is 0 Å². The van der Waals surface area contributed by atoms with Crippen LogP contribution in [0.1, 0.15) is 37.3 Å². The average molecular weight is 364 g/mol. The fourth-order valence-electron chi connectivity index (χ4n) is 3.18. The van der Waals surface area contributed by atoms with Gasteiger partial charge in [0.1, 0.15) is 0 Å². The van der Waals surface area contributed by atoms with E-state index in [0.29, 0.717) is 31.4 Å². The van der Waals surface area contributed by atoms with Crippen LogP contribution in [0.2, 0.25) is 0 Å². The Hall–Kier alpha value is -2.95. The Morgan fingerprint density at radius 3 is 2.22 bits per heavy atom. The maximum absolute atomic E-state index is 12.4. The van der Waals surface area contributed by atoms with Crippen molar-refractivity contribution in [2.75, 3.05) is 5.32 Å². The Kier molecular flexibility index (Phi) is 6.01. The lowest BCUT2D eigenvalue weighted by molar-refractivity contribution is -0.148. The molecule has 2 aromatic rings. The molecule has 27 heavy (non-hydrogen) atoms. The molecule has 1 aliphatic rings. The number of imide groups is 1. The minimum atomic E-state index is -0.143. The number of benzene rings is 2. The predicted octanol–water partition coefficient (Wildman–Crippen LogP) is 3.54. The van der Waals surface area contributed by atoms with E-state index >= 15 is 0 Å². The maximum Gasteiger partial charge on any atom is 0.229 e. The summed E-state index contributed by atoms with van der Waals surface area (Å²) in [6.07, 6.45) is 2.18. The molecule has 1 saturated heterocycles. The van der Waals surface area contributed by atoms with E-state index in [4.69, 9.17) is 0 Å². The van der Waals surface area contributed by atoms with Crippen molar-refractivity contribution in [3.63, 3.8) is 0 Å². The van der Waals surface area contributed by atoms with Crippen LogP contribution in [-0.4, -0.2) is 22.6 Å². The van der Waals surface area contributed by atoms with Crippen LogP contribution in [0.25, 0.3) is 0 Å². The van der Waals surface area contributed by atoms with E-state index in [9.17, 15) is 14.4 Å². The summed E-state index contributed by atoms with van der Waals surface area (Å²) in [5.41, 5.74) is 2.71. The molecule has 1 N–H and O–H groups in total. The van der Waals surface area contributed by atoms with Gasteiger partial charge >= 0.3 is 0 Å². The van der Waals surface area contributed by atoms with Crippen LogP contribution in [0.5, 0.6) is 0 Å². The average Bonchev–Trinajstić information content (AvgIpc) is 2.67. The molecule has 0 aliphatic carbocycles. The minimum absolute atomic E-state index is 0.0343. The van der Waals surface area contributed by atoms with Crippen LogP contribution in [0, 0.1) is 5.92 Å². The van der Waals surface area contributed by atoms with Crippen LogP contribution < -0.4 is 5.32 Å². The Morgan fingerprint density at radius 1 is 0.963 bits per heavy atom. The molecule has 5 heteroatoms. The lowest BCUT2D eigenvalue weighted by Gasteiger charge is -2.24. The molecular weight excluding hydrogens is 340 g/mol. The van der Waals surface area contributed by atoms with Gasteiger partial charge in [-0.2, -0.15) is 0 Å². The summed E-state index contributed by atoms with van der Waals surface area (Å²) in [6.45, 7) is 2.20. The largest absolute Gasteiger partial charge is 0.326 e. The lowest BCUT2D eigenvalue weighted by Crippen LogP contribution is -2.39. The number of anilines is 1. The second kappa shape index (κ2) is 8.62. The van der Waals surface area contributed by atoms with Crippen molar-refractivity contribution in [1.82, 2.24) is 4.90 Å². The highest BCUT2D eigenvalue weighted by molar-refractivity contribution is 5.97. The van der Waals surface area contributed by atoms with Gasteiger partial charge in [0.2, 0.25) is 17.7 Å². The van der Waals surface area contributed by atoms with Gasteiger partial charge in [-0.25, -0.2) is 0 Å². The summed E-state index contributed by atoms with van der Waals surface area (Å²) >= 11 is 0. The molecule has 5 nitrogen and oxygen atoms in total. The summed E-state index contributed by atoms with van der Waals surface area (Å²) in [5.74, 6) is -0.402. The molecule has 0 aromatic heterocycles. The first-order chi connectivity index (χ1) is 13.0. The molecule has 1 aliphatic heterocycles. The van der Waals surface area contributed by atoms with E-state index in [0.717, 1.165) is 11.1 Å². The number of nitrogens with zero attached hydrogens (tertiary/aromatic N) is 1. The number of piperidine rings is 1. The maximum atomic E-state index is 12.4. The monoisotopic (exact) mass is 364 g/mol. The highest BCUT2D eigenvalue weighted by Gasteiger charge is 2.25. The van der Waals surface area contributed by atoms with Crippen molar-refractivity contribution in [3.05, 3.63) is 65.7 Å². The molecule has 3 amide bonds. The summed E-state index contributed by atoms with van der Waals surface area (Å²) in [7, 11) is 0.